The van der Waals surface area contributed by atoms with Gasteiger partial charge in [-0.05, 0) is 13.3 Å². The zero-order valence-corrected chi connectivity index (χ0v) is 10.5. The van der Waals surface area contributed by atoms with Crippen LogP contribution in [0.3, 0.4) is 0 Å². The summed E-state index contributed by atoms with van der Waals surface area (Å²) >= 11 is 0. The van der Waals surface area contributed by atoms with Crippen LogP contribution >= 0.6 is 0 Å². The van der Waals surface area contributed by atoms with Crippen LogP contribution in [0.4, 0.5) is 5.82 Å². The summed E-state index contributed by atoms with van der Waals surface area (Å²) in [7, 11) is 0. The Bertz CT molecular complexity index is 441. The maximum Gasteiger partial charge on any atom is 0.252 e. The first-order chi connectivity index (χ1) is 8.04. The van der Waals surface area contributed by atoms with Crippen molar-refractivity contribution in [1.82, 2.24) is 9.97 Å². The highest BCUT2D eigenvalue weighted by Crippen LogP contribution is 2.43. The standard InChI is InChI=1S/C12H19N3O2/c1-4-17-9-5-8(12(9,2)3)15-10-6-11(16)14-7-13-10/h6-9H,4-5H2,1-3H3,(H2,13,14,15,16). The van der Waals surface area contributed by atoms with Crippen molar-refractivity contribution < 1.29 is 4.74 Å². The molecular weight excluding hydrogens is 218 g/mol. The monoisotopic (exact) mass is 237 g/mol. The zero-order chi connectivity index (χ0) is 12.5. The Balaban J connectivity index is 2.00. The molecule has 0 bridgehead atoms. The second-order valence-electron chi connectivity index (χ2n) is 4.99. The lowest BCUT2D eigenvalue weighted by molar-refractivity contribution is -0.0976. The number of ether oxygens (including phenoxy) is 1. The van der Waals surface area contributed by atoms with Gasteiger partial charge in [-0.2, -0.15) is 0 Å². The van der Waals surface area contributed by atoms with Crippen LogP contribution in [0.25, 0.3) is 0 Å². The molecular formula is C12H19N3O2. The normalized spacial score (nSPS) is 26.3. The fourth-order valence-electron chi connectivity index (χ4n) is 2.24. The Morgan fingerprint density at radius 3 is 3.00 bits per heavy atom. The van der Waals surface area contributed by atoms with Gasteiger partial charge in [0, 0.05) is 24.1 Å². The molecule has 1 saturated carbocycles. The summed E-state index contributed by atoms with van der Waals surface area (Å²) in [6.45, 7) is 7.09. The molecule has 2 unspecified atom stereocenters. The van der Waals surface area contributed by atoms with E-state index in [1.807, 2.05) is 6.92 Å². The molecule has 1 heterocycles. The van der Waals surface area contributed by atoms with Crippen molar-refractivity contribution in [3.05, 3.63) is 22.7 Å². The van der Waals surface area contributed by atoms with E-state index in [0.717, 1.165) is 13.0 Å². The lowest BCUT2D eigenvalue weighted by Gasteiger charge is -2.51. The molecule has 1 aromatic heterocycles. The van der Waals surface area contributed by atoms with Crippen molar-refractivity contribution in [3.8, 4) is 0 Å². The Morgan fingerprint density at radius 2 is 2.41 bits per heavy atom. The topological polar surface area (TPSA) is 67.0 Å². The van der Waals surface area contributed by atoms with E-state index in [0.29, 0.717) is 11.9 Å². The third kappa shape index (κ3) is 2.34. The predicted molar refractivity (Wildman–Crippen MR) is 66.1 cm³/mol. The highest BCUT2D eigenvalue weighted by molar-refractivity contribution is 5.35. The quantitative estimate of drug-likeness (QED) is 0.830. The van der Waals surface area contributed by atoms with Gasteiger partial charge in [0.2, 0.25) is 0 Å². The number of rotatable bonds is 4. The average Bonchev–Trinajstić information content (AvgIpc) is 2.28. The summed E-state index contributed by atoms with van der Waals surface area (Å²) in [6, 6.07) is 1.78. The Kier molecular flexibility index (Phi) is 3.19. The molecule has 2 atom stereocenters. The highest BCUT2D eigenvalue weighted by atomic mass is 16.5. The molecule has 2 rings (SSSR count). The van der Waals surface area contributed by atoms with E-state index in [9.17, 15) is 4.79 Å². The molecule has 0 saturated heterocycles. The van der Waals surface area contributed by atoms with Gasteiger partial charge in [-0.1, -0.05) is 13.8 Å². The van der Waals surface area contributed by atoms with Crippen LogP contribution in [0.2, 0.25) is 0 Å². The van der Waals surface area contributed by atoms with Gasteiger partial charge in [0.15, 0.2) is 0 Å². The molecule has 1 fully saturated rings. The van der Waals surface area contributed by atoms with Crippen LogP contribution in [-0.2, 0) is 4.74 Å². The first-order valence-corrected chi connectivity index (χ1v) is 5.97. The van der Waals surface area contributed by atoms with Gasteiger partial charge in [-0.15, -0.1) is 0 Å². The molecule has 1 aromatic rings. The number of aromatic amines is 1. The summed E-state index contributed by atoms with van der Waals surface area (Å²) in [5.41, 5.74) is -0.0682. The van der Waals surface area contributed by atoms with Crippen molar-refractivity contribution in [3.63, 3.8) is 0 Å². The number of nitrogens with zero attached hydrogens (tertiary/aromatic N) is 1. The van der Waals surface area contributed by atoms with E-state index in [1.54, 1.807) is 0 Å². The van der Waals surface area contributed by atoms with E-state index in [-0.39, 0.29) is 17.1 Å². The van der Waals surface area contributed by atoms with Crippen molar-refractivity contribution in [2.24, 2.45) is 5.41 Å². The molecule has 0 amide bonds. The summed E-state index contributed by atoms with van der Waals surface area (Å²) in [6.07, 6.45) is 2.65. The van der Waals surface area contributed by atoms with Crippen LogP contribution in [0.5, 0.6) is 0 Å². The van der Waals surface area contributed by atoms with Crippen molar-refractivity contribution >= 4 is 5.82 Å². The van der Waals surface area contributed by atoms with E-state index < -0.39 is 0 Å². The van der Waals surface area contributed by atoms with Crippen LogP contribution < -0.4 is 10.9 Å². The maximum atomic E-state index is 11.1. The molecule has 0 aromatic carbocycles. The highest BCUT2D eigenvalue weighted by Gasteiger charge is 2.49. The number of hydrogen-bond donors (Lipinski definition) is 2. The molecule has 5 heteroatoms. The molecule has 5 nitrogen and oxygen atoms in total. The van der Waals surface area contributed by atoms with Gasteiger partial charge in [0.1, 0.15) is 5.82 Å². The lowest BCUT2D eigenvalue weighted by atomic mass is 9.64. The van der Waals surface area contributed by atoms with Crippen LogP contribution in [0.1, 0.15) is 27.2 Å². The Morgan fingerprint density at radius 1 is 1.65 bits per heavy atom. The number of anilines is 1. The second kappa shape index (κ2) is 4.49. The van der Waals surface area contributed by atoms with Crippen LogP contribution in [0, 0.1) is 5.41 Å². The summed E-state index contributed by atoms with van der Waals surface area (Å²) in [5.74, 6) is 0.627. The third-order valence-corrected chi connectivity index (χ3v) is 3.55. The zero-order valence-electron chi connectivity index (χ0n) is 10.5. The fraction of sp³-hybridized carbons (Fsp3) is 0.667. The summed E-state index contributed by atoms with van der Waals surface area (Å²) < 4.78 is 5.66. The largest absolute Gasteiger partial charge is 0.378 e. The number of H-pyrrole nitrogens is 1. The van der Waals surface area contributed by atoms with E-state index in [2.05, 4.69) is 29.1 Å². The van der Waals surface area contributed by atoms with Gasteiger partial charge in [0.05, 0.1) is 12.4 Å². The summed E-state index contributed by atoms with van der Waals surface area (Å²) in [4.78, 5) is 17.7. The molecule has 0 radical (unpaired) electrons. The van der Waals surface area contributed by atoms with Crippen LogP contribution in [0.15, 0.2) is 17.2 Å². The molecule has 1 aliphatic carbocycles. The molecule has 2 N–H and O–H groups in total. The van der Waals surface area contributed by atoms with E-state index in [1.165, 1.54) is 12.4 Å². The molecule has 0 aliphatic heterocycles. The molecule has 94 valence electrons. The van der Waals surface area contributed by atoms with Gasteiger partial charge in [0.25, 0.3) is 5.56 Å². The van der Waals surface area contributed by atoms with Gasteiger partial charge >= 0.3 is 0 Å². The molecule has 0 spiro atoms. The van der Waals surface area contributed by atoms with Crippen molar-refractivity contribution in [2.75, 3.05) is 11.9 Å². The first kappa shape index (κ1) is 12.1. The minimum Gasteiger partial charge on any atom is -0.378 e. The molecule has 17 heavy (non-hydrogen) atoms. The van der Waals surface area contributed by atoms with Gasteiger partial charge in [-0.25, -0.2) is 4.98 Å². The van der Waals surface area contributed by atoms with Crippen molar-refractivity contribution in [1.29, 1.82) is 0 Å². The minimum absolute atomic E-state index is 0.0697. The van der Waals surface area contributed by atoms with Crippen molar-refractivity contribution in [2.45, 2.75) is 39.3 Å². The first-order valence-electron chi connectivity index (χ1n) is 5.97. The number of hydrogen-bond acceptors (Lipinski definition) is 4. The average molecular weight is 237 g/mol. The Hall–Kier alpha value is -1.36. The van der Waals surface area contributed by atoms with Gasteiger partial charge in [-0.3, -0.25) is 4.79 Å². The number of nitrogens with one attached hydrogen (secondary N) is 2. The molecule has 1 aliphatic rings. The summed E-state index contributed by atoms with van der Waals surface area (Å²) in [5, 5.41) is 3.29. The third-order valence-electron chi connectivity index (χ3n) is 3.55. The second-order valence-corrected chi connectivity index (χ2v) is 4.99. The predicted octanol–water partition coefficient (Wildman–Crippen LogP) is 1.39. The SMILES string of the molecule is CCOC1CC(Nc2cc(=O)[nH]cn2)C1(C)C. The van der Waals surface area contributed by atoms with Crippen LogP contribution in [-0.4, -0.2) is 28.7 Å². The number of aromatic nitrogens is 2. The maximum absolute atomic E-state index is 11.1. The van der Waals surface area contributed by atoms with Gasteiger partial charge < -0.3 is 15.0 Å². The lowest BCUT2D eigenvalue weighted by Crippen LogP contribution is -2.58. The Labute approximate surface area is 101 Å². The fourth-order valence-corrected chi connectivity index (χ4v) is 2.24. The minimum atomic E-state index is -0.138. The van der Waals surface area contributed by atoms with E-state index >= 15 is 0 Å². The van der Waals surface area contributed by atoms with E-state index in [4.69, 9.17) is 4.74 Å². The smallest absolute Gasteiger partial charge is 0.252 e.